The van der Waals surface area contributed by atoms with E-state index in [2.05, 4.69) is 5.32 Å². The van der Waals surface area contributed by atoms with Gasteiger partial charge < -0.3 is 15.0 Å². The lowest BCUT2D eigenvalue weighted by molar-refractivity contribution is -0.141. The molecule has 6 heteroatoms. The van der Waals surface area contributed by atoms with Crippen molar-refractivity contribution in [3.05, 3.63) is 65.2 Å². The maximum Gasteiger partial charge on any atom is 0.261 e. The molecule has 1 atom stereocenters. The van der Waals surface area contributed by atoms with Gasteiger partial charge in [0.25, 0.3) is 5.91 Å². The number of nitrogens with zero attached hydrogens (tertiary/aromatic N) is 1. The normalized spacial score (nSPS) is 11.8. The molecule has 2 rings (SSSR count). The second kappa shape index (κ2) is 11.5. The molecule has 0 aliphatic carbocycles. The largest absolute Gasteiger partial charge is 0.484 e. The highest BCUT2D eigenvalue weighted by Gasteiger charge is 2.26. The highest BCUT2D eigenvalue weighted by Crippen LogP contribution is 2.16. The Morgan fingerprint density at radius 3 is 2.31 bits per heavy atom. The fraction of sp³-hybridized carbons (Fsp3) is 0.391. The molecule has 0 aliphatic rings. The first-order valence-electron chi connectivity index (χ1n) is 9.86. The standard InChI is InChI=1S/C23H29ClN2O3/c1-17(2)15-25-23(28)18(3)26(14-13-19-7-5-4-6-8-19)22(27)16-29-21-11-9-20(24)10-12-21/h4-12,17-18H,13-16H2,1-3H3,(H,25,28). The number of nitrogens with one attached hydrogen (secondary N) is 1. The van der Waals surface area contributed by atoms with Crippen LogP contribution in [0.5, 0.6) is 5.75 Å². The van der Waals surface area contributed by atoms with E-state index in [0.29, 0.717) is 36.2 Å². The van der Waals surface area contributed by atoms with Crippen molar-refractivity contribution in [2.45, 2.75) is 33.2 Å². The minimum absolute atomic E-state index is 0.141. The third-order valence-electron chi connectivity index (χ3n) is 4.51. The van der Waals surface area contributed by atoms with Crippen LogP contribution in [0.15, 0.2) is 54.6 Å². The summed E-state index contributed by atoms with van der Waals surface area (Å²) in [5, 5.41) is 3.51. The van der Waals surface area contributed by atoms with E-state index in [1.54, 1.807) is 36.1 Å². The minimum atomic E-state index is -0.584. The van der Waals surface area contributed by atoms with Gasteiger partial charge in [-0.05, 0) is 49.1 Å². The fourth-order valence-corrected chi connectivity index (χ4v) is 2.91. The van der Waals surface area contributed by atoms with E-state index in [-0.39, 0.29) is 18.4 Å². The first-order valence-corrected chi connectivity index (χ1v) is 10.2. The number of carbonyl (C=O) groups is 2. The van der Waals surface area contributed by atoms with Crippen LogP contribution in [0.2, 0.25) is 5.02 Å². The summed E-state index contributed by atoms with van der Waals surface area (Å²) in [7, 11) is 0. The van der Waals surface area contributed by atoms with Crippen LogP contribution in [-0.4, -0.2) is 42.5 Å². The summed E-state index contributed by atoms with van der Waals surface area (Å²) in [5.41, 5.74) is 1.11. The molecule has 5 nitrogen and oxygen atoms in total. The van der Waals surface area contributed by atoms with Crippen molar-refractivity contribution < 1.29 is 14.3 Å². The van der Waals surface area contributed by atoms with Gasteiger partial charge in [0.05, 0.1) is 0 Å². The van der Waals surface area contributed by atoms with Crippen molar-refractivity contribution >= 4 is 23.4 Å². The quantitative estimate of drug-likeness (QED) is 0.638. The predicted octanol–water partition coefficient (Wildman–Crippen LogP) is 3.95. The number of halogens is 1. The average Bonchev–Trinajstić information content (AvgIpc) is 2.72. The van der Waals surface area contributed by atoms with Gasteiger partial charge in [-0.1, -0.05) is 55.8 Å². The Morgan fingerprint density at radius 1 is 1.03 bits per heavy atom. The first-order chi connectivity index (χ1) is 13.9. The van der Waals surface area contributed by atoms with Gasteiger partial charge in [0, 0.05) is 18.1 Å². The van der Waals surface area contributed by atoms with Crippen LogP contribution in [0, 0.1) is 5.92 Å². The zero-order valence-electron chi connectivity index (χ0n) is 17.2. The molecule has 0 saturated carbocycles. The van der Waals surface area contributed by atoms with Gasteiger partial charge in [-0.25, -0.2) is 0 Å². The third-order valence-corrected chi connectivity index (χ3v) is 4.76. The molecule has 2 amide bonds. The molecule has 29 heavy (non-hydrogen) atoms. The van der Waals surface area contributed by atoms with Crippen molar-refractivity contribution in [1.29, 1.82) is 0 Å². The number of ether oxygens (including phenoxy) is 1. The van der Waals surface area contributed by atoms with Crippen LogP contribution in [-0.2, 0) is 16.0 Å². The summed E-state index contributed by atoms with van der Waals surface area (Å²) >= 11 is 5.88. The zero-order valence-corrected chi connectivity index (χ0v) is 18.0. The van der Waals surface area contributed by atoms with Crippen LogP contribution in [0.1, 0.15) is 26.3 Å². The van der Waals surface area contributed by atoms with E-state index in [1.807, 2.05) is 44.2 Å². The number of hydrogen-bond acceptors (Lipinski definition) is 3. The lowest BCUT2D eigenvalue weighted by atomic mass is 10.1. The maximum atomic E-state index is 12.9. The molecule has 0 bridgehead atoms. The highest BCUT2D eigenvalue weighted by molar-refractivity contribution is 6.30. The number of hydrogen-bond donors (Lipinski definition) is 1. The Kier molecular flexibility index (Phi) is 9.00. The Labute approximate surface area is 178 Å². The van der Waals surface area contributed by atoms with Crippen molar-refractivity contribution in [3.63, 3.8) is 0 Å². The third kappa shape index (κ3) is 7.78. The zero-order chi connectivity index (χ0) is 21.2. The summed E-state index contributed by atoms with van der Waals surface area (Å²) in [5.74, 6) is 0.505. The molecule has 1 N–H and O–H groups in total. The van der Waals surface area contributed by atoms with Gasteiger partial charge in [-0.15, -0.1) is 0 Å². The first kappa shape index (κ1) is 22.8. The molecule has 156 valence electrons. The molecule has 1 unspecified atom stereocenters. The molecule has 0 radical (unpaired) electrons. The van der Waals surface area contributed by atoms with Gasteiger partial charge in [0.2, 0.25) is 5.91 Å². The van der Waals surface area contributed by atoms with Gasteiger partial charge in [0.15, 0.2) is 6.61 Å². The van der Waals surface area contributed by atoms with Crippen LogP contribution in [0.4, 0.5) is 0 Å². The average molecular weight is 417 g/mol. The van der Waals surface area contributed by atoms with E-state index in [0.717, 1.165) is 5.56 Å². The lowest BCUT2D eigenvalue weighted by Crippen LogP contribution is -2.50. The summed E-state index contributed by atoms with van der Waals surface area (Å²) in [6.07, 6.45) is 0.662. The molecule has 0 saturated heterocycles. The Balaban J connectivity index is 2.03. The van der Waals surface area contributed by atoms with E-state index >= 15 is 0 Å². The topological polar surface area (TPSA) is 58.6 Å². The fourth-order valence-electron chi connectivity index (χ4n) is 2.78. The van der Waals surface area contributed by atoms with Crippen LogP contribution >= 0.6 is 11.6 Å². The predicted molar refractivity (Wildman–Crippen MR) is 116 cm³/mol. The maximum absolute atomic E-state index is 12.9. The monoisotopic (exact) mass is 416 g/mol. The van der Waals surface area contributed by atoms with E-state index in [4.69, 9.17) is 16.3 Å². The Hall–Kier alpha value is -2.53. The Bertz CT molecular complexity index is 778. The van der Waals surface area contributed by atoms with Crippen LogP contribution in [0.3, 0.4) is 0 Å². The molecule has 0 fully saturated rings. The van der Waals surface area contributed by atoms with Crippen molar-refractivity contribution in [2.75, 3.05) is 19.7 Å². The smallest absolute Gasteiger partial charge is 0.261 e. The second-order valence-corrected chi connectivity index (χ2v) is 7.82. The molecule has 2 aromatic rings. The van der Waals surface area contributed by atoms with Crippen molar-refractivity contribution in [2.24, 2.45) is 5.92 Å². The number of amides is 2. The molecule has 0 spiro atoms. The SMILES string of the molecule is CC(C)CNC(=O)C(C)N(CCc1ccccc1)C(=O)COc1ccc(Cl)cc1. The minimum Gasteiger partial charge on any atom is -0.484 e. The molecule has 2 aromatic carbocycles. The molecular formula is C23H29ClN2O3. The van der Waals surface area contributed by atoms with Crippen LogP contribution < -0.4 is 10.1 Å². The van der Waals surface area contributed by atoms with Crippen molar-refractivity contribution in [3.8, 4) is 5.75 Å². The molecule has 0 aromatic heterocycles. The summed E-state index contributed by atoms with van der Waals surface area (Å²) < 4.78 is 5.60. The number of rotatable bonds is 10. The second-order valence-electron chi connectivity index (χ2n) is 7.38. The lowest BCUT2D eigenvalue weighted by Gasteiger charge is -2.29. The van der Waals surface area contributed by atoms with Gasteiger partial charge in [-0.2, -0.15) is 0 Å². The molecular weight excluding hydrogens is 388 g/mol. The van der Waals surface area contributed by atoms with E-state index in [1.165, 1.54) is 0 Å². The van der Waals surface area contributed by atoms with Gasteiger partial charge in [-0.3, -0.25) is 9.59 Å². The Morgan fingerprint density at radius 2 is 1.69 bits per heavy atom. The van der Waals surface area contributed by atoms with E-state index in [9.17, 15) is 9.59 Å². The van der Waals surface area contributed by atoms with Gasteiger partial charge >= 0.3 is 0 Å². The van der Waals surface area contributed by atoms with Crippen LogP contribution in [0.25, 0.3) is 0 Å². The summed E-state index contributed by atoms with van der Waals surface area (Å²) in [4.78, 5) is 27.0. The van der Waals surface area contributed by atoms with E-state index < -0.39 is 6.04 Å². The van der Waals surface area contributed by atoms with Gasteiger partial charge in [0.1, 0.15) is 11.8 Å². The molecule has 0 heterocycles. The molecule has 0 aliphatic heterocycles. The summed E-state index contributed by atoms with van der Waals surface area (Å²) in [6, 6.07) is 16.1. The number of carbonyl (C=O) groups excluding carboxylic acids is 2. The van der Waals surface area contributed by atoms with Crippen molar-refractivity contribution in [1.82, 2.24) is 10.2 Å². The summed E-state index contributed by atoms with van der Waals surface area (Å²) in [6.45, 7) is 6.68. The highest BCUT2D eigenvalue weighted by atomic mass is 35.5. The number of benzene rings is 2.